The van der Waals surface area contributed by atoms with Gasteiger partial charge in [-0.15, -0.1) is 0 Å². The minimum Gasteiger partial charge on any atom is -0.452 e. The summed E-state index contributed by atoms with van der Waals surface area (Å²) in [6.45, 7) is 8.81. The van der Waals surface area contributed by atoms with Crippen molar-refractivity contribution in [3.63, 3.8) is 0 Å². The van der Waals surface area contributed by atoms with E-state index in [1.807, 2.05) is 25.2 Å². The molecule has 0 aromatic rings. The van der Waals surface area contributed by atoms with Crippen molar-refractivity contribution in [2.45, 2.75) is 108 Å². The maximum Gasteiger partial charge on any atom is 0.331 e. The van der Waals surface area contributed by atoms with E-state index in [1.54, 1.807) is 12.2 Å². The molecule has 3 rings (SSSR count). The average molecular weight is 517 g/mol. The Kier molecular flexibility index (Phi) is 11.8. The SMILES string of the molecule is C=C1CC(C)CC2CC=CC(C/C=C\C(=O)OC(/C=C/C3CC(C)=CCO3)C(O)CCC(O)C(O)C1)O2. The molecule has 0 spiro atoms. The van der Waals surface area contributed by atoms with Gasteiger partial charge in [0.1, 0.15) is 6.10 Å². The van der Waals surface area contributed by atoms with Gasteiger partial charge >= 0.3 is 5.97 Å². The number of fused-ring (bicyclic) bond motifs is 2. The first-order chi connectivity index (χ1) is 17.7. The maximum atomic E-state index is 12.6. The molecule has 206 valence electrons. The number of aliphatic hydroxyl groups excluding tert-OH is 3. The lowest BCUT2D eigenvalue weighted by atomic mass is 9.90. The van der Waals surface area contributed by atoms with Gasteiger partial charge in [0, 0.05) is 6.08 Å². The largest absolute Gasteiger partial charge is 0.452 e. The minimum absolute atomic E-state index is 0.0842. The quantitative estimate of drug-likeness (QED) is 0.375. The Morgan fingerprint density at radius 3 is 2.57 bits per heavy atom. The summed E-state index contributed by atoms with van der Waals surface area (Å²) in [6.07, 6.45) is 12.9. The van der Waals surface area contributed by atoms with Crippen LogP contribution >= 0.6 is 0 Å². The molecule has 8 atom stereocenters. The molecule has 3 aliphatic rings. The molecule has 0 amide bonds. The van der Waals surface area contributed by atoms with E-state index in [2.05, 4.69) is 19.6 Å². The van der Waals surface area contributed by atoms with Gasteiger partial charge in [0.25, 0.3) is 0 Å². The van der Waals surface area contributed by atoms with Crippen LogP contribution < -0.4 is 0 Å². The highest BCUT2D eigenvalue weighted by molar-refractivity contribution is 5.82. The zero-order valence-corrected chi connectivity index (χ0v) is 22.2. The van der Waals surface area contributed by atoms with Crippen LogP contribution in [-0.2, 0) is 19.0 Å². The molecular weight excluding hydrogens is 472 g/mol. The predicted molar refractivity (Wildman–Crippen MR) is 143 cm³/mol. The molecule has 7 nitrogen and oxygen atoms in total. The van der Waals surface area contributed by atoms with Crippen molar-refractivity contribution in [2.75, 3.05) is 6.61 Å². The lowest BCUT2D eigenvalue weighted by Gasteiger charge is -2.28. The molecule has 0 aromatic carbocycles. The van der Waals surface area contributed by atoms with Crippen LogP contribution in [0.4, 0.5) is 0 Å². The van der Waals surface area contributed by atoms with Crippen molar-refractivity contribution in [2.24, 2.45) is 5.92 Å². The summed E-state index contributed by atoms with van der Waals surface area (Å²) in [4.78, 5) is 12.6. The van der Waals surface area contributed by atoms with Crippen LogP contribution in [0.15, 0.2) is 60.3 Å². The van der Waals surface area contributed by atoms with E-state index >= 15 is 0 Å². The topological polar surface area (TPSA) is 105 Å². The van der Waals surface area contributed by atoms with Gasteiger partial charge in [-0.25, -0.2) is 4.79 Å². The van der Waals surface area contributed by atoms with Gasteiger partial charge in [0.15, 0.2) is 0 Å². The number of cyclic esters (lactones) is 1. The number of aliphatic hydroxyl groups is 3. The highest BCUT2D eigenvalue weighted by Gasteiger charge is 2.26. The van der Waals surface area contributed by atoms with E-state index in [0.29, 0.717) is 25.4 Å². The number of rotatable bonds is 2. The van der Waals surface area contributed by atoms with E-state index < -0.39 is 30.4 Å². The minimum atomic E-state index is -1.05. The molecule has 0 fully saturated rings. The van der Waals surface area contributed by atoms with Gasteiger partial charge in [-0.1, -0.05) is 55.0 Å². The fraction of sp³-hybridized carbons (Fsp3) is 0.633. The predicted octanol–water partition coefficient (Wildman–Crippen LogP) is 4.09. The van der Waals surface area contributed by atoms with E-state index in [0.717, 1.165) is 31.3 Å². The summed E-state index contributed by atoms with van der Waals surface area (Å²) in [6, 6.07) is 0. The van der Waals surface area contributed by atoms with Gasteiger partial charge in [-0.05, 0) is 70.3 Å². The first-order valence-electron chi connectivity index (χ1n) is 13.5. The van der Waals surface area contributed by atoms with Gasteiger partial charge in [-0.3, -0.25) is 0 Å². The first kappa shape index (κ1) is 29.5. The van der Waals surface area contributed by atoms with Crippen molar-refractivity contribution in [3.05, 3.63) is 60.3 Å². The van der Waals surface area contributed by atoms with Crippen LogP contribution in [0.3, 0.4) is 0 Å². The number of hydrogen-bond acceptors (Lipinski definition) is 7. The van der Waals surface area contributed by atoms with E-state index in [-0.39, 0.29) is 31.2 Å². The van der Waals surface area contributed by atoms with Crippen LogP contribution in [0.5, 0.6) is 0 Å². The third kappa shape index (κ3) is 10.3. The Hall–Kier alpha value is -2.03. The second kappa shape index (κ2) is 14.8. The Labute approximate surface area is 221 Å². The Morgan fingerprint density at radius 2 is 1.78 bits per heavy atom. The molecule has 2 bridgehead atoms. The third-order valence-corrected chi connectivity index (χ3v) is 7.15. The molecule has 0 aliphatic carbocycles. The number of hydrogen-bond donors (Lipinski definition) is 3. The summed E-state index contributed by atoms with van der Waals surface area (Å²) in [5.41, 5.74) is 2.10. The fourth-order valence-corrected chi connectivity index (χ4v) is 5.10. The Morgan fingerprint density at radius 1 is 1.00 bits per heavy atom. The monoisotopic (exact) mass is 516 g/mol. The van der Waals surface area contributed by atoms with Crippen LogP contribution in [0.25, 0.3) is 0 Å². The van der Waals surface area contributed by atoms with E-state index in [1.165, 1.54) is 11.6 Å². The fourth-order valence-electron chi connectivity index (χ4n) is 5.10. The molecule has 7 heteroatoms. The van der Waals surface area contributed by atoms with Gasteiger partial charge in [0.05, 0.1) is 43.2 Å². The first-order valence-corrected chi connectivity index (χ1v) is 13.5. The molecule has 3 aliphatic heterocycles. The molecule has 8 unspecified atom stereocenters. The van der Waals surface area contributed by atoms with Crippen molar-refractivity contribution in [1.82, 2.24) is 0 Å². The standard InChI is InChI=1S/C30H44O7/c1-20-14-15-35-24(17-20)10-13-29-27(32)12-11-26(31)28(33)19-22(3)16-21(2)18-25-8-4-6-23(36-25)7-5-9-30(34)37-29/h4-6,9-10,13-14,21,23-29,31-33H,3,7-8,11-12,15-19H2,1-2H3/b9-5-,13-10+. The lowest BCUT2D eigenvalue weighted by Crippen LogP contribution is -2.33. The van der Waals surface area contributed by atoms with Crippen LogP contribution in [0.2, 0.25) is 0 Å². The summed E-state index contributed by atoms with van der Waals surface area (Å²) in [5, 5.41) is 31.9. The lowest BCUT2D eigenvalue weighted by molar-refractivity contribution is -0.146. The van der Waals surface area contributed by atoms with Crippen molar-refractivity contribution in [3.8, 4) is 0 Å². The van der Waals surface area contributed by atoms with E-state index in [9.17, 15) is 20.1 Å². The van der Waals surface area contributed by atoms with Crippen LogP contribution in [-0.4, -0.2) is 70.6 Å². The third-order valence-electron chi connectivity index (χ3n) is 7.15. The summed E-state index contributed by atoms with van der Waals surface area (Å²) in [5.74, 6) is -0.238. The molecule has 37 heavy (non-hydrogen) atoms. The molecule has 0 saturated heterocycles. The Balaban J connectivity index is 1.72. The summed E-state index contributed by atoms with van der Waals surface area (Å²) >= 11 is 0. The number of esters is 1. The molecule has 3 heterocycles. The molecular formula is C30H44O7. The van der Waals surface area contributed by atoms with Crippen LogP contribution in [0, 0.1) is 5.92 Å². The smallest absolute Gasteiger partial charge is 0.331 e. The van der Waals surface area contributed by atoms with Gasteiger partial charge in [0.2, 0.25) is 0 Å². The highest BCUT2D eigenvalue weighted by atomic mass is 16.6. The number of carbonyl (C=O) groups is 1. The molecule has 0 saturated carbocycles. The van der Waals surface area contributed by atoms with E-state index in [4.69, 9.17) is 14.2 Å². The normalized spacial score (nSPS) is 38.2. The summed E-state index contributed by atoms with van der Waals surface area (Å²) < 4.78 is 17.5. The average Bonchev–Trinajstić information content (AvgIpc) is 2.84. The molecule has 0 aromatic heterocycles. The maximum absolute atomic E-state index is 12.6. The number of ether oxygens (including phenoxy) is 3. The molecule has 3 N–H and O–H groups in total. The van der Waals surface area contributed by atoms with Gasteiger partial charge < -0.3 is 29.5 Å². The second-order valence-corrected chi connectivity index (χ2v) is 10.8. The van der Waals surface area contributed by atoms with Crippen molar-refractivity contribution < 1.29 is 34.3 Å². The van der Waals surface area contributed by atoms with Crippen molar-refractivity contribution >= 4 is 5.97 Å². The Bertz CT molecular complexity index is 873. The zero-order chi connectivity index (χ0) is 26.8. The number of carbonyl (C=O) groups excluding carboxylic acids is 1. The van der Waals surface area contributed by atoms with Gasteiger partial charge in [-0.2, -0.15) is 0 Å². The van der Waals surface area contributed by atoms with Crippen molar-refractivity contribution in [1.29, 1.82) is 0 Å². The second-order valence-electron chi connectivity index (χ2n) is 10.8. The molecule has 0 radical (unpaired) electrons. The summed E-state index contributed by atoms with van der Waals surface area (Å²) in [7, 11) is 0. The highest BCUT2D eigenvalue weighted by Crippen LogP contribution is 2.26. The van der Waals surface area contributed by atoms with Crippen LogP contribution in [0.1, 0.15) is 65.2 Å². The zero-order valence-electron chi connectivity index (χ0n) is 22.2.